The molecule has 1 aliphatic rings. The van der Waals surface area contributed by atoms with Crippen LogP contribution in [0.15, 0.2) is 24.3 Å². The molecule has 0 amide bonds. The van der Waals surface area contributed by atoms with Crippen LogP contribution in [0.2, 0.25) is 0 Å². The van der Waals surface area contributed by atoms with Crippen molar-refractivity contribution in [2.75, 3.05) is 20.8 Å². The molecular formula is C16H25NO2. The number of rotatable bonds is 6. The van der Waals surface area contributed by atoms with Gasteiger partial charge in [0.05, 0.1) is 13.2 Å². The van der Waals surface area contributed by atoms with Crippen LogP contribution in [-0.4, -0.2) is 32.9 Å². The molecule has 19 heavy (non-hydrogen) atoms. The maximum absolute atomic E-state index is 5.81. The van der Waals surface area contributed by atoms with Gasteiger partial charge in [-0.1, -0.05) is 19.1 Å². The lowest BCUT2D eigenvalue weighted by Crippen LogP contribution is -2.39. The Labute approximate surface area is 116 Å². The summed E-state index contributed by atoms with van der Waals surface area (Å²) >= 11 is 0. The monoisotopic (exact) mass is 263 g/mol. The van der Waals surface area contributed by atoms with Gasteiger partial charge in [-0.3, -0.25) is 0 Å². The SMILES string of the molecule is CCC1OCCC1C(Cc1ccc(OC)cc1)NC. The molecule has 3 atom stereocenters. The van der Waals surface area contributed by atoms with E-state index in [2.05, 4.69) is 31.4 Å². The molecule has 0 spiro atoms. The van der Waals surface area contributed by atoms with E-state index in [1.807, 2.05) is 12.1 Å². The van der Waals surface area contributed by atoms with Crippen LogP contribution in [0.1, 0.15) is 25.3 Å². The molecule has 0 bridgehead atoms. The Morgan fingerprint density at radius 3 is 2.68 bits per heavy atom. The van der Waals surface area contributed by atoms with E-state index in [1.54, 1.807) is 7.11 Å². The number of likely N-dealkylation sites (N-methyl/N-ethyl adjacent to an activating group) is 1. The summed E-state index contributed by atoms with van der Waals surface area (Å²) in [6, 6.07) is 8.86. The lowest BCUT2D eigenvalue weighted by molar-refractivity contribution is 0.0783. The van der Waals surface area contributed by atoms with Gasteiger partial charge in [0.15, 0.2) is 0 Å². The standard InChI is InChI=1S/C16H25NO2/c1-4-16-14(9-10-19-16)15(17-2)11-12-5-7-13(18-3)8-6-12/h5-8,14-17H,4,9-11H2,1-3H3. The summed E-state index contributed by atoms with van der Waals surface area (Å²) in [7, 11) is 3.76. The van der Waals surface area contributed by atoms with Crippen LogP contribution in [0.25, 0.3) is 0 Å². The van der Waals surface area contributed by atoms with Gasteiger partial charge in [0.25, 0.3) is 0 Å². The van der Waals surface area contributed by atoms with Crippen LogP contribution < -0.4 is 10.1 Å². The first kappa shape index (κ1) is 14.4. The fourth-order valence-corrected chi connectivity index (χ4v) is 3.03. The van der Waals surface area contributed by atoms with Crippen molar-refractivity contribution in [3.63, 3.8) is 0 Å². The molecule has 0 aromatic heterocycles. The first-order chi connectivity index (χ1) is 9.28. The first-order valence-electron chi connectivity index (χ1n) is 7.20. The number of methoxy groups -OCH3 is 1. The predicted octanol–water partition coefficient (Wildman–Crippen LogP) is 2.64. The maximum Gasteiger partial charge on any atom is 0.118 e. The second-order valence-corrected chi connectivity index (χ2v) is 5.22. The van der Waals surface area contributed by atoms with Gasteiger partial charge >= 0.3 is 0 Å². The number of ether oxygens (including phenoxy) is 2. The highest BCUT2D eigenvalue weighted by Crippen LogP contribution is 2.28. The van der Waals surface area contributed by atoms with Gasteiger partial charge in [-0.2, -0.15) is 0 Å². The van der Waals surface area contributed by atoms with Crippen LogP contribution in [0, 0.1) is 5.92 Å². The Morgan fingerprint density at radius 2 is 2.11 bits per heavy atom. The molecular weight excluding hydrogens is 238 g/mol. The molecule has 3 heteroatoms. The molecule has 1 aliphatic heterocycles. The molecule has 1 aromatic carbocycles. The molecule has 1 aromatic rings. The summed E-state index contributed by atoms with van der Waals surface area (Å²) in [4.78, 5) is 0. The van der Waals surface area contributed by atoms with Crippen molar-refractivity contribution in [1.82, 2.24) is 5.32 Å². The van der Waals surface area contributed by atoms with Gasteiger partial charge in [-0.05, 0) is 44.0 Å². The normalized spacial score (nSPS) is 24.4. The zero-order valence-electron chi connectivity index (χ0n) is 12.2. The molecule has 0 aliphatic carbocycles. The van der Waals surface area contributed by atoms with Crippen LogP contribution in [-0.2, 0) is 11.2 Å². The smallest absolute Gasteiger partial charge is 0.118 e. The molecule has 3 unspecified atom stereocenters. The van der Waals surface area contributed by atoms with E-state index in [1.165, 1.54) is 12.0 Å². The van der Waals surface area contributed by atoms with E-state index in [0.717, 1.165) is 25.2 Å². The third-order valence-electron chi connectivity index (χ3n) is 4.17. The molecule has 1 saturated heterocycles. The lowest BCUT2D eigenvalue weighted by Gasteiger charge is -2.27. The number of nitrogens with one attached hydrogen (secondary N) is 1. The topological polar surface area (TPSA) is 30.5 Å². The zero-order chi connectivity index (χ0) is 13.7. The van der Waals surface area contributed by atoms with E-state index < -0.39 is 0 Å². The Morgan fingerprint density at radius 1 is 1.37 bits per heavy atom. The molecule has 0 radical (unpaired) electrons. The minimum absolute atomic E-state index is 0.413. The van der Waals surface area contributed by atoms with Gasteiger partial charge in [-0.15, -0.1) is 0 Å². The second-order valence-electron chi connectivity index (χ2n) is 5.22. The molecule has 1 heterocycles. The van der Waals surface area contributed by atoms with Gasteiger partial charge in [-0.25, -0.2) is 0 Å². The molecule has 0 saturated carbocycles. The Bertz CT molecular complexity index is 377. The van der Waals surface area contributed by atoms with Crippen LogP contribution in [0.5, 0.6) is 5.75 Å². The third-order valence-corrected chi connectivity index (χ3v) is 4.17. The average molecular weight is 263 g/mol. The summed E-state index contributed by atoms with van der Waals surface area (Å²) in [5, 5.41) is 3.47. The lowest BCUT2D eigenvalue weighted by atomic mass is 9.87. The molecule has 3 nitrogen and oxygen atoms in total. The second kappa shape index (κ2) is 6.92. The van der Waals surface area contributed by atoms with Gasteiger partial charge in [0.1, 0.15) is 5.75 Å². The van der Waals surface area contributed by atoms with Crippen molar-refractivity contribution in [1.29, 1.82) is 0 Å². The molecule has 1 fully saturated rings. The highest BCUT2D eigenvalue weighted by molar-refractivity contribution is 5.27. The van der Waals surface area contributed by atoms with Crippen molar-refractivity contribution < 1.29 is 9.47 Å². The summed E-state index contributed by atoms with van der Waals surface area (Å²) in [6.07, 6.45) is 3.73. The molecule has 1 N–H and O–H groups in total. The van der Waals surface area contributed by atoms with Crippen LogP contribution in [0.4, 0.5) is 0 Å². The average Bonchev–Trinajstić information content (AvgIpc) is 2.93. The molecule has 106 valence electrons. The summed E-state index contributed by atoms with van der Waals surface area (Å²) < 4.78 is 11.0. The third kappa shape index (κ3) is 3.48. The predicted molar refractivity (Wildman–Crippen MR) is 77.7 cm³/mol. The minimum atomic E-state index is 0.413. The highest BCUT2D eigenvalue weighted by atomic mass is 16.5. The molecule has 2 rings (SSSR count). The van der Waals surface area contributed by atoms with Gasteiger partial charge < -0.3 is 14.8 Å². The van der Waals surface area contributed by atoms with Crippen molar-refractivity contribution in [3.8, 4) is 5.75 Å². The quantitative estimate of drug-likeness (QED) is 0.856. The first-order valence-corrected chi connectivity index (χ1v) is 7.20. The Kier molecular flexibility index (Phi) is 5.23. The Hall–Kier alpha value is -1.06. The summed E-state index contributed by atoms with van der Waals surface area (Å²) in [6.45, 7) is 3.12. The van der Waals surface area contributed by atoms with E-state index in [0.29, 0.717) is 18.1 Å². The van der Waals surface area contributed by atoms with Crippen molar-refractivity contribution in [3.05, 3.63) is 29.8 Å². The number of hydrogen-bond donors (Lipinski definition) is 1. The zero-order valence-corrected chi connectivity index (χ0v) is 12.2. The summed E-state index contributed by atoms with van der Waals surface area (Å²) in [5.74, 6) is 1.54. The number of hydrogen-bond acceptors (Lipinski definition) is 3. The Balaban J connectivity index is 2.01. The van der Waals surface area contributed by atoms with Crippen molar-refractivity contribution in [2.24, 2.45) is 5.92 Å². The fourth-order valence-electron chi connectivity index (χ4n) is 3.03. The van der Waals surface area contributed by atoms with Crippen LogP contribution in [0.3, 0.4) is 0 Å². The number of benzene rings is 1. The van der Waals surface area contributed by atoms with E-state index in [9.17, 15) is 0 Å². The minimum Gasteiger partial charge on any atom is -0.497 e. The van der Waals surface area contributed by atoms with Gasteiger partial charge in [0.2, 0.25) is 0 Å². The van der Waals surface area contributed by atoms with E-state index in [4.69, 9.17) is 9.47 Å². The van der Waals surface area contributed by atoms with E-state index >= 15 is 0 Å². The maximum atomic E-state index is 5.81. The summed E-state index contributed by atoms with van der Waals surface area (Å²) in [5.41, 5.74) is 1.35. The van der Waals surface area contributed by atoms with Gasteiger partial charge in [0, 0.05) is 18.6 Å². The van der Waals surface area contributed by atoms with Crippen LogP contribution >= 0.6 is 0 Å². The van der Waals surface area contributed by atoms with Crippen molar-refractivity contribution in [2.45, 2.75) is 38.3 Å². The largest absolute Gasteiger partial charge is 0.497 e. The fraction of sp³-hybridized carbons (Fsp3) is 0.625. The van der Waals surface area contributed by atoms with Crippen molar-refractivity contribution >= 4 is 0 Å². The highest BCUT2D eigenvalue weighted by Gasteiger charge is 2.32. The van der Waals surface area contributed by atoms with E-state index in [-0.39, 0.29) is 0 Å².